The summed E-state index contributed by atoms with van der Waals surface area (Å²) in [5.74, 6) is 0.929. The van der Waals surface area contributed by atoms with Gasteiger partial charge in [0.25, 0.3) is 0 Å². The van der Waals surface area contributed by atoms with E-state index in [4.69, 9.17) is 0 Å². The fourth-order valence-corrected chi connectivity index (χ4v) is 6.37. The minimum atomic E-state index is -4.64. The summed E-state index contributed by atoms with van der Waals surface area (Å²) in [6, 6.07) is 0. The fraction of sp³-hybridized carbons (Fsp3) is 0.704. The number of hydrogen-bond acceptors (Lipinski definition) is 3. The van der Waals surface area contributed by atoms with Crippen molar-refractivity contribution in [3.8, 4) is 0 Å². The minimum Gasteiger partial charge on any atom is -0.393 e. The third-order valence-electron chi connectivity index (χ3n) is 8.50. The topological polar surface area (TPSA) is 60.7 Å². The predicted molar refractivity (Wildman–Crippen MR) is 124 cm³/mol. The zero-order valence-electron chi connectivity index (χ0n) is 20.0. The molecule has 3 fully saturated rings. The molecule has 3 saturated carbocycles. The van der Waals surface area contributed by atoms with E-state index in [2.05, 4.69) is 26.5 Å². The van der Waals surface area contributed by atoms with Gasteiger partial charge in [0.05, 0.1) is 12.2 Å². The van der Waals surface area contributed by atoms with Crippen LogP contribution in [0.15, 0.2) is 47.6 Å². The maximum Gasteiger partial charge on any atom is 0.417 e. The second-order valence-corrected chi connectivity index (χ2v) is 10.9. The van der Waals surface area contributed by atoms with Crippen LogP contribution in [0.25, 0.3) is 0 Å². The molecule has 0 aromatic carbocycles. The first-order valence-corrected chi connectivity index (χ1v) is 12.2. The summed E-state index contributed by atoms with van der Waals surface area (Å²) in [6.45, 7) is 9.21. The Kier molecular flexibility index (Phi) is 7.72. The Morgan fingerprint density at radius 2 is 1.91 bits per heavy atom. The smallest absolute Gasteiger partial charge is 0.393 e. The molecule has 0 bridgehead atoms. The van der Waals surface area contributed by atoms with E-state index in [0.29, 0.717) is 30.3 Å². The van der Waals surface area contributed by atoms with Crippen LogP contribution in [-0.2, 0) is 0 Å². The molecule has 0 aliphatic heterocycles. The molecule has 3 aliphatic rings. The summed E-state index contributed by atoms with van der Waals surface area (Å²) in [5.41, 5.74) is 0.361. The van der Waals surface area contributed by atoms with Crippen LogP contribution in [0, 0.1) is 23.2 Å². The highest BCUT2D eigenvalue weighted by Crippen LogP contribution is 2.59. The van der Waals surface area contributed by atoms with E-state index >= 15 is 0 Å². The van der Waals surface area contributed by atoms with Crippen LogP contribution < -0.4 is 0 Å². The Hall–Kier alpha value is -1.37. The second-order valence-electron chi connectivity index (χ2n) is 10.9. The van der Waals surface area contributed by atoms with E-state index in [1.807, 2.05) is 12.2 Å². The first-order valence-electron chi connectivity index (χ1n) is 12.2. The number of fused-ring (bicyclic) bond motifs is 1. The van der Waals surface area contributed by atoms with Crippen molar-refractivity contribution < 1.29 is 28.5 Å². The zero-order chi connectivity index (χ0) is 24.6. The Morgan fingerprint density at radius 1 is 1.21 bits per heavy atom. The fourth-order valence-electron chi connectivity index (χ4n) is 6.37. The van der Waals surface area contributed by atoms with Crippen molar-refractivity contribution in [1.82, 2.24) is 0 Å². The maximum absolute atomic E-state index is 12.9. The SMILES string of the molecule is C=C1/C(=C/C=C2\CCC[C@]3(C)[C@@H]([C@H](C)/C=C/C[C@](C)(O)C(F)(F)F)CC[C@@H]23)C[C@@H](O)C[C@@H]1O. The molecule has 3 N–H and O–H groups in total. The lowest BCUT2D eigenvalue weighted by Gasteiger charge is -2.44. The monoisotopic (exact) mass is 468 g/mol. The van der Waals surface area contributed by atoms with E-state index in [0.717, 1.165) is 44.6 Å². The second kappa shape index (κ2) is 9.71. The summed E-state index contributed by atoms with van der Waals surface area (Å²) in [6.07, 6.45) is 7.32. The average Bonchev–Trinajstić information content (AvgIpc) is 3.06. The highest BCUT2D eigenvalue weighted by Gasteiger charge is 2.51. The number of alkyl halides is 3. The molecule has 0 heterocycles. The third-order valence-corrected chi connectivity index (χ3v) is 8.50. The Bertz CT molecular complexity index is 823. The van der Waals surface area contributed by atoms with Crippen molar-refractivity contribution in [2.24, 2.45) is 23.2 Å². The van der Waals surface area contributed by atoms with Crippen molar-refractivity contribution in [1.29, 1.82) is 0 Å². The van der Waals surface area contributed by atoms with E-state index < -0.39 is 30.4 Å². The lowest BCUT2D eigenvalue weighted by Crippen LogP contribution is -2.41. The van der Waals surface area contributed by atoms with Gasteiger partial charge in [-0.15, -0.1) is 0 Å². The van der Waals surface area contributed by atoms with Crippen LogP contribution in [0.2, 0.25) is 0 Å². The Balaban J connectivity index is 1.73. The zero-order valence-corrected chi connectivity index (χ0v) is 20.0. The predicted octanol–water partition coefficient (Wildman–Crippen LogP) is 6.02. The van der Waals surface area contributed by atoms with E-state index in [1.54, 1.807) is 0 Å². The first kappa shape index (κ1) is 26.2. The quantitative estimate of drug-likeness (QED) is 0.432. The van der Waals surface area contributed by atoms with Gasteiger partial charge in [-0.1, -0.05) is 50.3 Å². The average molecular weight is 469 g/mol. The highest BCUT2D eigenvalue weighted by atomic mass is 19.4. The van der Waals surface area contributed by atoms with Crippen LogP contribution in [0.5, 0.6) is 0 Å². The molecule has 0 unspecified atom stereocenters. The van der Waals surface area contributed by atoms with Crippen LogP contribution in [0.4, 0.5) is 13.2 Å². The van der Waals surface area contributed by atoms with Gasteiger partial charge in [0.2, 0.25) is 0 Å². The van der Waals surface area contributed by atoms with Crippen molar-refractivity contribution in [2.75, 3.05) is 0 Å². The lowest BCUT2D eigenvalue weighted by atomic mass is 9.61. The van der Waals surface area contributed by atoms with Crippen molar-refractivity contribution in [3.05, 3.63) is 47.6 Å². The van der Waals surface area contributed by atoms with Gasteiger partial charge >= 0.3 is 6.18 Å². The molecule has 3 rings (SSSR count). The molecule has 0 aromatic rings. The van der Waals surface area contributed by atoms with E-state index in [9.17, 15) is 28.5 Å². The largest absolute Gasteiger partial charge is 0.417 e. The van der Waals surface area contributed by atoms with Gasteiger partial charge in [-0.3, -0.25) is 0 Å². The molecule has 6 heteroatoms. The van der Waals surface area contributed by atoms with Gasteiger partial charge in [0.1, 0.15) is 0 Å². The molecule has 3 nitrogen and oxygen atoms in total. The third kappa shape index (κ3) is 5.49. The van der Waals surface area contributed by atoms with Crippen molar-refractivity contribution in [3.63, 3.8) is 0 Å². The molecular formula is C27H39F3O3. The molecule has 0 spiro atoms. The Morgan fingerprint density at radius 3 is 2.58 bits per heavy atom. The van der Waals surface area contributed by atoms with Crippen molar-refractivity contribution >= 4 is 0 Å². The minimum absolute atomic E-state index is 0.0848. The van der Waals surface area contributed by atoms with Gasteiger partial charge in [-0.05, 0) is 79.8 Å². The number of allylic oxidation sites excluding steroid dienone is 4. The van der Waals surface area contributed by atoms with Crippen molar-refractivity contribution in [2.45, 2.75) is 96.1 Å². The molecule has 0 radical (unpaired) electrons. The lowest BCUT2D eigenvalue weighted by molar-refractivity contribution is -0.251. The van der Waals surface area contributed by atoms with Gasteiger partial charge < -0.3 is 15.3 Å². The number of hydrogen-bond donors (Lipinski definition) is 3. The molecule has 0 saturated heterocycles. The Labute approximate surface area is 195 Å². The molecular weight excluding hydrogens is 429 g/mol. The molecule has 7 atom stereocenters. The normalized spacial score (nSPS) is 38.6. The maximum atomic E-state index is 12.9. The molecule has 3 aliphatic carbocycles. The first-order chi connectivity index (χ1) is 15.3. The molecule has 186 valence electrons. The van der Waals surface area contributed by atoms with Crippen LogP contribution >= 0.6 is 0 Å². The summed E-state index contributed by atoms with van der Waals surface area (Å²) < 4.78 is 38.8. The summed E-state index contributed by atoms with van der Waals surface area (Å²) in [7, 11) is 0. The molecule has 0 aromatic heterocycles. The van der Waals surface area contributed by atoms with Crippen LogP contribution in [-0.4, -0.2) is 39.3 Å². The van der Waals surface area contributed by atoms with Gasteiger partial charge in [0.15, 0.2) is 5.60 Å². The molecule has 33 heavy (non-hydrogen) atoms. The van der Waals surface area contributed by atoms with E-state index in [1.165, 1.54) is 11.6 Å². The summed E-state index contributed by atoms with van der Waals surface area (Å²) in [5, 5.41) is 29.8. The highest BCUT2D eigenvalue weighted by molar-refractivity contribution is 5.38. The summed E-state index contributed by atoms with van der Waals surface area (Å²) >= 11 is 0. The van der Waals surface area contributed by atoms with Gasteiger partial charge in [0, 0.05) is 12.8 Å². The number of aliphatic hydroxyl groups excluding tert-OH is 2. The van der Waals surface area contributed by atoms with Crippen LogP contribution in [0.3, 0.4) is 0 Å². The van der Waals surface area contributed by atoms with Crippen LogP contribution in [0.1, 0.15) is 72.1 Å². The number of aliphatic hydroxyl groups is 3. The van der Waals surface area contributed by atoms with Gasteiger partial charge in [-0.25, -0.2) is 0 Å². The standard InChI is InChI=1S/C27H39F3O3/c1-17(7-5-14-26(4,33)27(28,29)30)22-11-12-23-19(8-6-13-25(22,23)3)9-10-20-15-21(31)16-24(32)18(20)2/h5,7,9-10,17,21-24,31-33H,2,6,8,11-16H2,1,3-4H3/b7-5+,19-9+,20-10+/t17-,21-,22-,23+,24+,25-,26+/m1/s1. The number of halogens is 3. The van der Waals surface area contributed by atoms with Gasteiger partial charge in [-0.2, -0.15) is 13.2 Å². The summed E-state index contributed by atoms with van der Waals surface area (Å²) in [4.78, 5) is 0. The number of rotatable bonds is 5. The molecule has 0 amide bonds. The van der Waals surface area contributed by atoms with E-state index in [-0.39, 0.29) is 11.3 Å².